The zero-order valence-electron chi connectivity index (χ0n) is 16.4. The van der Waals surface area contributed by atoms with Crippen molar-refractivity contribution in [3.8, 4) is 0 Å². The van der Waals surface area contributed by atoms with Gasteiger partial charge in [-0.25, -0.2) is 4.79 Å². The Morgan fingerprint density at radius 1 is 0.720 bits per heavy atom. The molecule has 0 bridgehead atoms. The fraction of sp³-hybridized carbons (Fsp3) is 0.952. The van der Waals surface area contributed by atoms with Crippen LogP contribution in [0.1, 0.15) is 117 Å². The topological polar surface area (TPSA) is 46.5 Å². The first-order chi connectivity index (χ1) is 11.7. The Morgan fingerprint density at radius 2 is 1.04 bits per heavy atom. The summed E-state index contributed by atoms with van der Waals surface area (Å²) in [6.45, 7) is 4.16. The molecule has 1 N–H and O–H groups in total. The summed E-state index contributed by atoms with van der Waals surface area (Å²) in [4.78, 5) is 11.0. The number of rotatable bonds is 18. The molecule has 0 aliphatic carbocycles. The zero-order chi connectivity index (χ0) is 17.9. The van der Waals surface area contributed by atoms with Crippen molar-refractivity contribution >= 4 is 57.4 Å². The summed E-state index contributed by atoms with van der Waals surface area (Å²) in [5.74, 6) is -0.504. The van der Waals surface area contributed by atoms with E-state index in [2.05, 4.69) is 6.92 Å². The van der Waals surface area contributed by atoms with E-state index in [-0.39, 0.29) is 51.4 Å². The Morgan fingerprint density at radius 3 is 1.36 bits per heavy atom. The first kappa shape index (κ1) is 28.3. The molecule has 3 nitrogen and oxygen atoms in total. The molecule has 0 rings (SSSR count). The van der Waals surface area contributed by atoms with Gasteiger partial charge in [0, 0.05) is 0 Å². The van der Waals surface area contributed by atoms with E-state index >= 15 is 0 Å². The van der Waals surface area contributed by atoms with Gasteiger partial charge in [-0.05, 0) is 13.3 Å². The van der Waals surface area contributed by atoms with Gasteiger partial charge in [-0.1, -0.05) is 103 Å². The van der Waals surface area contributed by atoms with E-state index in [0.717, 1.165) is 12.8 Å². The summed E-state index contributed by atoms with van der Waals surface area (Å²) >= 11 is 0. The zero-order valence-corrected chi connectivity index (χ0v) is 16.4. The molecule has 0 amide bonds. The van der Waals surface area contributed by atoms with E-state index in [4.69, 9.17) is 9.84 Å². The van der Waals surface area contributed by atoms with Crippen molar-refractivity contribution in [3.05, 3.63) is 0 Å². The molecule has 146 valence electrons. The fourth-order valence-electron chi connectivity index (χ4n) is 2.94. The van der Waals surface area contributed by atoms with Crippen LogP contribution in [0.5, 0.6) is 0 Å². The minimum atomic E-state index is -0.994. The Balaban J connectivity index is 0. The number of carbonyl (C=O) groups is 1. The van der Waals surface area contributed by atoms with Crippen LogP contribution in [0.4, 0.5) is 0 Å². The predicted octanol–water partition coefficient (Wildman–Crippen LogP) is 5.52. The van der Waals surface area contributed by atoms with Gasteiger partial charge in [0.2, 0.25) is 0 Å². The molecule has 0 fully saturated rings. The third-order valence-electron chi connectivity index (χ3n) is 4.58. The van der Waals surface area contributed by atoms with E-state index in [9.17, 15) is 4.79 Å². The van der Waals surface area contributed by atoms with Crippen LogP contribution in [0.3, 0.4) is 0 Å². The molecule has 0 aliphatic heterocycles. The summed E-state index contributed by atoms with van der Waals surface area (Å²) in [5, 5.41) is 8.98. The number of hydrogen-bond donors (Lipinski definition) is 1. The molecule has 0 radical (unpaired) electrons. The Labute approximate surface area is 199 Å². The average Bonchev–Trinajstić information content (AvgIpc) is 2.57. The van der Waals surface area contributed by atoms with Gasteiger partial charge in [-0.15, -0.1) is 0 Å². The molecule has 1 unspecified atom stereocenters. The number of aliphatic hydroxyl groups excluding tert-OH is 1. The molecule has 0 saturated heterocycles. The fourth-order valence-corrected chi connectivity index (χ4v) is 2.94. The van der Waals surface area contributed by atoms with Gasteiger partial charge < -0.3 is 9.84 Å². The Kier molecular flexibility index (Phi) is 26.1. The monoisotopic (exact) mass is 382 g/mol. The molecule has 0 saturated carbocycles. The molecule has 0 aromatic carbocycles. The van der Waals surface area contributed by atoms with Gasteiger partial charge in [-0.2, -0.15) is 0 Å². The maximum absolute atomic E-state index is 11.0. The quantitative estimate of drug-likeness (QED) is 0.193. The summed E-state index contributed by atoms with van der Waals surface area (Å²) in [6, 6.07) is 0. The van der Waals surface area contributed by atoms with Gasteiger partial charge in [0.1, 0.15) is 6.10 Å². The number of aliphatic hydroxyl groups is 1. The van der Waals surface area contributed by atoms with Crippen LogP contribution in [0.15, 0.2) is 0 Å². The van der Waals surface area contributed by atoms with Crippen LogP contribution in [0, 0.1) is 0 Å². The molecule has 4 heteroatoms. The maximum atomic E-state index is 11.0. The first-order valence-corrected chi connectivity index (χ1v) is 10.5. The van der Waals surface area contributed by atoms with Gasteiger partial charge in [0.05, 0.1) is 6.61 Å². The molecule has 0 aromatic rings. The molecule has 0 aromatic heterocycles. The summed E-state index contributed by atoms with van der Waals surface area (Å²) in [6.07, 6.45) is 20.4. The first-order valence-electron chi connectivity index (χ1n) is 10.5. The normalized spacial score (nSPS) is 11.8. The summed E-state index contributed by atoms with van der Waals surface area (Å²) < 4.78 is 4.93. The Hall–Kier alpha value is 1.07. The second-order valence-corrected chi connectivity index (χ2v) is 7.15. The number of esters is 1. The summed E-state index contributed by atoms with van der Waals surface area (Å²) in [7, 11) is 0. The van der Waals surface area contributed by atoms with E-state index in [1.807, 2.05) is 0 Å². The van der Waals surface area contributed by atoms with Crippen LogP contribution < -0.4 is 0 Å². The van der Waals surface area contributed by atoms with Gasteiger partial charge in [-0.3, -0.25) is 0 Å². The molecule has 0 aliphatic rings. The van der Waals surface area contributed by atoms with Crippen LogP contribution in [0.25, 0.3) is 0 Å². The molecular formula is C21H43KO3. The van der Waals surface area contributed by atoms with Crippen LogP contribution in [-0.4, -0.2) is 75.2 Å². The second kappa shape index (κ2) is 23.1. The molecule has 0 heterocycles. The van der Waals surface area contributed by atoms with Crippen molar-refractivity contribution in [2.24, 2.45) is 0 Å². The van der Waals surface area contributed by atoms with Gasteiger partial charge in [0.25, 0.3) is 0 Å². The Bertz CT molecular complexity index is 270. The number of hydrogen-bond acceptors (Lipinski definition) is 3. The summed E-state index contributed by atoms with van der Waals surface area (Å²) in [5.41, 5.74) is 0. The number of unbranched alkanes of at least 4 members (excludes halogenated alkanes) is 15. The van der Waals surface area contributed by atoms with Crippen LogP contribution >= 0.6 is 0 Å². The van der Waals surface area contributed by atoms with E-state index < -0.39 is 12.1 Å². The van der Waals surface area contributed by atoms with E-state index in [0.29, 0.717) is 6.61 Å². The van der Waals surface area contributed by atoms with Crippen molar-refractivity contribution in [1.82, 2.24) is 0 Å². The minimum absolute atomic E-state index is 0. The van der Waals surface area contributed by atoms with Crippen LogP contribution in [0.2, 0.25) is 0 Å². The second-order valence-electron chi connectivity index (χ2n) is 7.15. The van der Waals surface area contributed by atoms with Crippen molar-refractivity contribution in [1.29, 1.82) is 0 Å². The van der Waals surface area contributed by atoms with E-state index in [1.165, 1.54) is 96.8 Å². The predicted molar refractivity (Wildman–Crippen MR) is 109 cm³/mol. The number of ether oxygens (including phenoxy) is 1. The van der Waals surface area contributed by atoms with Crippen molar-refractivity contribution in [2.75, 3.05) is 6.61 Å². The molecule has 1 atom stereocenters. The van der Waals surface area contributed by atoms with Crippen molar-refractivity contribution < 1.29 is 14.6 Å². The standard InChI is InChI=1S/C21H42O3.K.H/c1-3-4-5-6-7-8-9-10-11-12-13-14-15-16-17-18-19-24-21(23)20(2)22;;/h20,22H,3-19H2,1-2H3;;. The van der Waals surface area contributed by atoms with Crippen LogP contribution in [-0.2, 0) is 9.53 Å². The van der Waals surface area contributed by atoms with Crippen molar-refractivity contribution in [3.63, 3.8) is 0 Å². The third kappa shape index (κ3) is 23.0. The van der Waals surface area contributed by atoms with Gasteiger partial charge >= 0.3 is 57.4 Å². The van der Waals surface area contributed by atoms with Gasteiger partial charge in [0.15, 0.2) is 0 Å². The molecule has 0 spiro atoms. The van der Waals surface area contributed by atoms with E-state index in [1.54, 1.807) is 0 Å². The average molecular weight is 383 g/mol. The third-order valence-corrected chi connectivity index (χ3v) is 4.58. The molecule has 25 heavy (non-hydrogen) atoms. The molecular weight excluding hydrogens is 339 g/mol. The number of carbonyl (C=O) groups excluding carboxylic acids is 1. The SMILES string of the molecule is CCCCCCCCCCCCCCCCCCOC(=O)C(C)O.[KH]. The van der Waals surface area contributed by atoms with Crippen molar-refractivity contribution in [2.45, 2.75) is 123 Å².